The van der Waals surface area contributed by atoms with Gasteiger partial charge in [0.05, 0.1) is 11.4 Å². The molecule has 0 saturated carbocycles. The molecule has 2 rings (SSSR count). The number of aromatic nitrogens is 2. The number of hydrogen-bond acceptors (Lipinski definition) is 3. The van der Waals surface area contributed by atoms with Gasteiger partial charge in [-0.25, -0.2) is 4.68 Å². The summed E-state index contributed by atoms with van der Waals surface area (Å²) in [6, 6.07) is 1.89. The van der Waals surface area contributed by atoms with Crippen molar-refractivity contribution < 1.29 is 4.79 Å². The smallest absolute Gasteiger partial charge is 0.167 e. The summed E-state index contributed by atoms with van der Waals surface area (Å²) >= 11 is 6.30. The monoisotopic (exact) mass is 341 g/mol. The molecule has 0 unspecified atom stereocenters. The van der Waals surface area contributed by atoms with Crippen molar-refractivity contribution in [1.29, 1.82) is 0 Å². The first-order valence-corrected chi connectivity index (χ1v) is 8.07. The molecule has 0 aromatic carbocycles. The topological polar surface area (TPSA) is 47.2 Å². The zero-order chi connectivity index (χ0) is 17.4. The van der Waals surface area contributed by atoms with Crippen LogP contribution in [-0.2, 0) is 4.79 Å². The lowest BCUT2D eigenvalue weighted by Crippen LogP contribution is -1.98. The second kappa shape index (κ2) is 8.99. The van der Waals surface area contributed by atoms with Gasteiger partial charge in [0.2, 0.25) is 0 Å². The average molecular weight is 342 g/mol. The number of allylic oxidation sites excluding steroid dienone is 10. The first-order chi connectivity index (χ1) is 11.7. The van der Waals surface area contributed by atoms with E-state index in [4.69, 9.17) is 11.6 Å². The van der Waals surface area contributed by atoms with E-state index in [1.54, 1.807) is 19.3 Å². The fraction of sp³-hybridized carbons (Fsp3) is 0.211. The van der Waals surface area contributed by atoms with Gasteiger partial charge < -0.3 is 0 Å². The Hall–Kier alpha value is -2.46. The maximum atomic E-state index is 11.0. The molecule has 24 heavy (non-hydrogen) atoms. The predicted octanol–water partition coefficient (Wildman–Crippen LogP) is 4.34. The molecule has 1 aromatic heterocycles. The van der Waals surface area contributed by atoms with Crippen molar-refractivity contribution in [3.63, 3.8) is 0 Å². The molecule has 0 radical (unpaired) electrons. The molecule has 1 aliphatic carbocycles. The summed E-state index contributed by atoms with van der Waals surface area (Å²) in [6.45, 7) is 1.87. The molecule has 0 bridgehead atoms. The summed E-state index contributed by atoms with van der Waals surface area (Å²) in [5.41, 5.74) is 3.39. The van der Waals surface area contributed by atoms with Crippen LogP contribution in [0.25, 0.3) is 5.70 Å². The molecule has 0 saturated heterocycles. The summed E-state index contributed by atoms with van der Waals surface area (Å²) < 4.78 is 1.83. The third-order valence-corrected chi connectivity index (χ3v) is 4.06. The molecular weight excluding hydrogens is 322 g/mol. The highest BCUT2D eigenvalue weighted by molar-refractivity contribution is 6.36. The molecule has 0 aliphatic heterocycles. The van der Waals surface area contributed by atoms with E-state index in [0.717, 1.165) is 29.6 Å². The predicted molar refractivity (Wildman–Crippen MR) is 100 cm³/mol. The van der Waals surface area contributed by atoms with Gasteiger partial charge in [0.25, 0.3) is 0 Å². The Morgan fingerprint density at radius 2 is 2.25 bits per heavy atom. The Balaban J connectivity index is 2.20. The summed E-state index contributed by atoms with van der Waals surface area (Å²) in [5.74, 6) is 0. The highest BCUT2D eigenvalue weighted by Crippen LogP contribution is 2.25. The first-order valence-electron chi connectivity index (χ1n) is 7.70. The SMILES string of the molecule is C/C=C(Cl)/C(=C\C(C=O)=N/C)CC1=CCC=C(n2cccn2)C=C1. The summed E-state index contributed by atoms with van der Waals surface area (Å²) in [7, 11) is 1.59. The Bertz CT molecular complexity index is 763. The van der Waals surface area contributed by atoms with E-state index in [1.807, 2.05) is 36.0 Å². The number of halogens is 1. The van der Waals surface area contributed by atoms with Crippen molar-refractivity contribution in [2.24, 2.45) is 4.99 Å². The van der Waals surface area contributed by atoms with Gasteiger partial charge in [-0.1, -0.05) is 35.9 Å². The highest BCUT2D eigenvalue weighted by atomic mass is 35.5. The summed E-state index contributed by atoms with van der Waals surface area (Å²) in [6.07, 6.45) is 17.7. The average Bonchev–Trinajstić information content (AvgIpc) is 3.04. The number of carbonyl (C=O) groups excluding carboxylic acids is 1. The zero-order valence-electron chi connectivity index (χ0n) is 13.8. The lowest BCUT2D eigenvalue weighted by Gasteiger charge is -2.07. The van der Waals surface area contributed by atoms with Crippen LogP contribution in [-0.4, -0.2) is 28.8 Å². The van der Waals surface area contributed by atoms with Crippen molar-refractivity contribution in [1.82, 2.24) is 9.78 Å². The molecule has 5 heteroatoms. The fourth-order valence-corrected chi connectivity index (χ4v) is 2.44. The molecule has 0 spiro atoms. The molecular formula is C19H20ClN3O. The summed E-state index contributed by atoms with van der Waals surface area (Å²) in [5, 5.41) is 4.87. The molecule has 1 aliphatic rings. The van der Waals surface area contributed by atoms with Gasteiger partial charge in [-0.2, -0.15) is 5.10 Å². The lowest BCUT2D eigenvalue weighted by molar-refractivity contribution is -0.102. The molecule has 0 atom stereocenters. The second-order valence-electron chi connectivity index (χ2n) is 5.18. The Morgan fingerprint density at radius 3 is 2.88 bits per heavy atom. The Morgan fingerprint density at radius 1 is 1.42 bits per heavy atom. The van der Waals surface area contributed by atoms with Crippen LogP contribution in [0.4, 0.5) is 0 Å². The van der Waals surface area contributed by atoms with E-state index in [9.17, 15) is 4.79 Å². The van der Waals surface area contributed by atoms with Gasteiger partial charge in [-0.15, -0.1) is 0 Å². The van der Waals surface area contributed by atoms with Gasteiger partial charge in [0.15, 0.2) is 6.29 Å². The number of nitrogens with zero attached hydrogens (tertiary/aromatic N) is 3. The molecule has 0 N–H and O–H groups in total. The van der Waals surface area contributed by atoms with E-state index in [-0.39, 0.29) is 0 Å². The number of carbonyl (C=O) groups is 1. The van der Waals surface area contributed by atoms with E-state index >= 15 is 0 Å². The molecule has 124 valence electrons. The Labute approximate surface area is 147 Å². The lowest BCUT2D eigenvalue weighted by atomic mass is 10.0. The number of aliphatic imine (C=N–C) groups is 1. The fourth-order valence-electron chi connectivity index (χ4n) is 2.32. The molecule has 1 heterocycles. The van der Waals surface area contributed by atoms with Crippen molar-refractivity contribution in [3.05, 3.63) is 71.1 Å². The number of rotatable bonds is 6. The maximum Gasteiger partial charge on any atom is 0.167 e. The third kappa shape index (κ3) is 4.77. The minimum absolute atomic E-state index is 0.374. The molecule has 0 fully saturated rings. The third-order valence-electron chi connectivity index (χ3n) is 3.60. The minimum Gasteiger partial charge on any atom is -0.296 e. The highest BCUT2D eigenvalue weighted by Gasteiger charge is 2.08. The van der Waals surface area contributed by atoms with Crippen LogP contribution >= 0.6 is 11.6 Å². The van der Waals surface area contributed by atoms with E-state index in [0.29, 0.717) is 17.2 Å². The van der Waals surface area contributed by atoms with Crippen LogP contribution in [0.2, 0.25) is 0 Å². The van der Waals surface area contributed by atoms with Crippen LogP contribution < -0.4 is 0 Å². The van der Waals surface area contributed by atoms with Crippen LogP contribution in [0.1, 0.15) is 19.8 Å². The van der Waals surface area contributed by atoms with E-state index in [1.165, 1.54) is 0 Å². The van der Waals surface area contributed by atoms with Crippen molar-refractivity contribution in [2.75, 3.05) is 7.05 Å². The van der Waals surface area contributed by atoms with Crippen LogP contribution in [0, 0.1) is 0 Å². The Kier molecular flexibility index (Phi) is 6.70. The van der Waals surface area contributed by atoms with E-state index in [2.05, 4.69) is 28.3 Å². The van der Waals surface area contributed by atoms with Crippen LogP contribution in [0.3, 0.4) is 0 Å². The normalized spacial score (nSPS) is 16.5. The van der Waals surface area contributed by atoms with Crippen molar-refractivity contribution >= 4 is 29.3 Å². The van der Waals surface area contributed by atoms with Gasteiger partial charge in [-0.3, -0.25) is 9.79 Å². The van der Waals surface area contributed by atoms with Gasteiger partial charge in [-0.05, 0) is 49.1 Å². The molecule has 4 nitrogen and oxygen atoms in total. The van der Waals surface area contributed by atoms with Gasteiger partial charge >= 0.3 is 0 Å². The quantitative estimate of drug-likeness (QED) is 0.439. The minimum atomic E-state index is 0.374. The second-order valence-corrected chi connectivity index (χ2v) is 5.58. The van der Waals surface area contributed by atoms with Crippen molar-refractivity contribution in [2.45, 2.75) is 19.8 Å². The van der Waals surface area contributed by atoms with Crippen molar-refractivity contribution in [3.8, 4) is 0 Å². The first kappa shape index (κ1) is 17.9. The van der Waals surface area contributed by atoms with E-state index < -0.39 is 0 Å². The summed E-state index contributed by atoms with van der Waals surface area (Å²) in [4.78, 5) is 15.0. The largest absolute Gasteiger partial charge is 0.296 e. The standard InChI is InChI=1S/C19H20ClN3O/c1-3-19(20)16(13-17(14-24)21-2)12-15-6-4-7-18(9-8-15)23-11-5-10-22-23/h3,5-11,13-14H,4,12H2,1-2H3/b16-13-,19-3-,21-17+. The molecule has 1 aromatic rings. The number of hydrogen-bond donors (Lipinski definition) is 0. The zero-order valence-corrected chi connectivity index (χ0v) is 14.6. The van der Waals surface area contributed by atoms with Crippen LogP contribution in [0.15, 0.2) is 76.1 Å². The van der Waals surface area contributed by atoms with Gasteiger partial charge in [0.1, 0.15) is 0 Å². The van der Waals surface area contributed by atoms with Crippen LogP contribution in [0.5, 0.6) is 0 Å². The molecule has 0 amide bonds. The van der Waals surface area contributed by atoms with Gasteiger partial charge in [0, 0.05) is 24.5 Å². The maximum absolute atomic E-state index is 11.0. The number of aldehydes is 1.